The Morgan fingerprint density at radius 3 is 1.34 bits per heavy atom. The lowest BCUT2D eigenvalue weighted by molar-refractivity contribution is 0.996. The lowest BCUT2D eigenvalue weighted by Crippen LogP contribution is -2.04. The van der Waals surface area contributed by atoms with Crippen LogP contribution in [0.3, 0.4) is 0 Å². The van der Waals surface area contributed by atoms with Crippen LogP contribution in [0.4, 0.5) is 0 Å². The van der Waals surface area contributed by atoms with Crippen molar-refractivity contribution in [3.8, 4) is 51.0 Å². The Hall–Kier alpha value is -7.96. The molecule has 0 radical (unpaired) electrons. The molecule has 0 aliphatic carbocycles. The van der Waals surface area contributed by atoms with Crippen molar-refractivity contribution >= 4 is 59.9 Å². The zero-order valence-electron chi connectivity index (χ0n) is 31.2. The first-order valence-electron chi connectivity index (χ1n) is 19.5. The second kappa shape index (κ2) is 12.8. The minimum absolute atomic E-state index is 0.611. The number of benzene rings is 6. The second-order valence-corrected chi connectivity index (χ2v) is 14.7. The van der Waals surface area contributed by atoms with Crippen molar-refractivity contribution in [1.82, 2.24) is 28.9 Å². The highest BCUT2D eigenvalue weighted by molar-refractivity contribution is 6.18. The third kappa shape index (κ3) is 5.05. The predicted molar refractivity (Wildman–Crippen MR) is 237 cm³/mol. The number of pyridine rings is 3. The van der Waals surface area contributed by atoms with Crippen LogP contribution in [0.15, 0.2) is 194 Å². The molecule has 6 aromatic heterocycles. The molecule has 6 nitrogen and oxygen atoms in total. The summed E-state index contributed by atoms with van der Waals surface area (Å²) in [6.07, 6.45) is 3.65. The summed E-state index contributed by atoms with van der Waals surface area (Å²) in [6.45, 7) is 0. The van der Waals surface area contributed by atoms with Crippen LogP contribution in [0.2, 0.25) is 0 Å². The molecule has 0 bridgehead atoms. The Kier molecular flexibility index (Phi) is 7.13. The molecule has 0 atom stereocenters. The standard InChI is InChI=1S/C52H32N6/c1-2-13-40-38(11-1)39-12-3-5-17-47(39)57-49-31-42-41-14-4-6-18-48(41)58(51(42)30-37(49)29-50(40)57)52-55-45(35-23-19-33(20-24-35)43-15-7-9-27-53-43)32-46(56-52)36-25-21-34(22-26-36)44-16-8-10-28-54-44/h1-32H. The van der Waals surface area contributed by atoms with Crippen molar-refractivity contribution in [3.05, 3.63) is 194 Å². The van der Waals surface area contributed by atoms with Gasteiger partial charge in [-0.25, -0.2) is 9.97 Å². The van der Waals surface area contributed by atoms with Crippen molar-refractivity contribution in [3.63, 3.8) is 0 Å². The lowest BCUT2D eigenvalue weighted by atomic mass is 10.0. The van der Waals surface area contributed by atoms with Gasteiger partial charge in [-0.15, -0.1) is 0 Å². The fourth-order valence-corrected chi connectivity index (χ4v) is 8.70. The van der Waals surface area contributed by atoms with Gasteiger partial charge in [0.1, 0.15) is 0 Å². The van der Waals surface area contributed by atoms with E-state index in [0.29, 0.717) is 5.95 Å². The molecule has 0 aliphatic rings. The lowest BCUT2D eigenvalue weighted by Gasteiger charge is -2.12. The SMILES string of the molecule is c1ccc(-c2ccc(-c3cc(-c4ccc(-c5ccccn5)cc4)nc(-n4c5ccccc5c5cc6c(cc54)cc4c5ccccc5c5ccccc5n64)n3)cc2)nc1. The number of aromatic nitrogens is 6. The fraction of sp³-hybridized carbons (Fsp3) is 0. The van der Waals surface area contributed by atoms with Crippen LogP contribution in [0, 0.1) is 0 Å². The van der Waals surface area contributed by atoms with Crippen LogP contribution in [0.5, 0.6) is 0 Å². The third-order valence-corrected chi connectivity index (χ3v) is 11.4. The smallest absolute Gasteiger partial charge is 0.235 e. The van der Waals surface area contributed by atoms with Crippen LogP contribution >= 0.6 is 0 Å². The van der Waals surface area contributed by atoms with E-state index in [4.69, 9.17) is 9.97 Å². The minimum Gasteiger partial charge on any atom is -0.309 e. The Morgan fingerprint density at radius 2 is 0.776 bits per heavy atom. The van der Waals surface area contributed by atoms with Crippen molar-refractivity contribution in [2.24, 2.45) is 0 Å². The Bertz CT molecular complexity index is 3430. The molecule has 0 saturated carbocycles. The maximum atomic E-state index is 5.37. The maximum Gasteiger partial charge on any atom is 0.235 e. The van der Waals surface area contributed by atoms with Gasteiger partial charge in [-0.05, 0) is 66.0 Å². The normalized spacial score (nSPS) is 11.8. The molecule has 0 aliphatic heterocycles. The molecule has 6 aromatic carbocycles. The van der Waals surface area contributed by atoms with Crippen molar-refractivity contribution in [2.75, 3.05) is 0 Å². The van der Waals surface area contributed by atoms with Crippen LogP contribution in [0.25, 0.3) is 111 Å². The molecule has 6 heterocycles. The van der Waals surface area contributed by atoms with E-state index in [2.05, 4.69) is 165 Å². The molecule has 12 aromatic rings. The molecule has 12 rings (SSSR count). The van der Waals surface area contributed by atoms with E-state index in [0.717, 1.165) is 72.2 Å². The van der Waals surface area contributed by atoms with Crippen molar-refractivity contribution < 1.29 is 0 Å². The van der Waals surface area contributed by atoms with Crippen LogP contribution in [-0.2, 0) is 0 Å². The van der Waals surface area contributed by atoms with Gasteiger partial charge in [-0.2, -0.15) is 0 Å². The molecule has 0 amide bonds. The molecule has 0 spiro atoms. The first kappa shape index (κ1) is 32.3. The maximum absolute atomic E-state index is 5.37. The Morgan fingerprint density at radius 1 is 0.310 bits per heavy atom. The van der Waals surface area contributed by atoms with Gasteiger partial charge in [0.15, 0.2) is 0 Å². The quantitative estimate of drug-likeness (QED) is 0.165. The molecule has 0 unspecified atom stereocenters. The van der Waals surface area contributed by atoms with E-state index < -0.39 is 0 Å². The Labute approximate surface area is 333 Å². The molecular formula is C52H32N6. The number of nitrogens with zero attached hydrogens (tertiary/aromatic N) is 6. The molecule has 58 heavy (non-hydrogen) atoms. The van der Waals surface area contributed by atoms with Crippen molar-refractivity contribution in [2.45, 2.75) is 0 Å². The summed E-state index contributed by atoms with van der Waals surface area (Å²) in [5.74, 6) is 0.611. The van der Waals surface area contributed by atoms with Gasteiger partial charge in [-0.1, -0.05) is 121 Å². The first-order chi connectivity index (χ1) is 28.7. The molecule has 6 heteroatoms. The van der Waals surface area contributed by atoms with Gasteiger partial charge in [0.05, 0.1) is 50.4 Å². The zero-order valence-corrected chi connectivity index (χ0v) is 31.2. The summed E-state index contributed by atoms with van der Waals surface area (Å²) >= 11 is 0. The van der Waals surface area contributed by atoms with E-state index in [-0.39, 0.29) is 0 Å². The third-order valence-electron chi connectivity index (χ3n) is 11.4. The molecule has 270 valence electrons. The molecule has 0 fully saturated rings. The summed E-state index contributed by atoms with van der Waals surface area (Å²) in [5.41, 5.74) is 13.3. The van der Waals surface area contributed by atoms with Gasteiger partial charge >= 0.3 is 0 Å². The van der Waals surface area contributed by atoms with Crippen LogP contribution < -0.4 is 0 Å². The second-order valence-electron chi connectivity index (χ2n) is 14.7. The monoisotopic (exact) mass is 740 g/mol. The summed E-state index contributed by atoms with van der Waals surface area (Å²) < 4.78 is 4.66. The largest absolute Gasteiger partial charge is 0.309 e. The first-order valence-corrected chi connectivity index (χ1v) is 19.5. The average molecular weight is 741 g/mol. The summed E-state index contributed by atoms with van der Waals surface area (Å²) in [7, 11) is 0. The van der Waals surface area contributed by atoms with Crippen LogP contribution in [-0.4, -0.2) is 28.9 Å². The average Bonchev–Trinajstić information content (AvgIpc) is 3.84. The van der Waals surface area contributed by atoms with Gasteiger partial charge in [0, 0.05) is 61.6 Å². The molecule has 0 N–H and O–H groups in total. The highest BCUT2D eigenvalue weighted by Gasteiger charge is 2.20. The van der Waals surface area contributed by atoms with Gasteiger partial charge in [0.2, 0.25) is 5.95 Å². The van der Waals surface area contributed by atoms with E-state index >= 15 is 0 Å². The highest BCUT2D eigenvalue weighted by Crippen LogP contribution is 2.39. The van der Waals surface area contributed by atoms with E-state index in [9.17, 15) is 0 Å². The minimum atomic E-state index is 0.611. The number of para-hydroxylation sites is 2. The Balaban J connectivity index is 1.10. The van der Waals surface area contributed by atoms with E-state index in [1.165, 1.54) is 32.7 Å². The number of hydrogen-bond acceptors (Lipinski definition) is 4. The van der Waals surface area contributed by atoms with Crippen molar-refractivity contribution in [1.29, 1.82) is 0 Å². The van der Waals surface area contributed by atoms with Gasteiger partial charge < -0.3 is 4.40 Å². The topological polar surface area (TPSA) is 60.9 Å². The summed E-state index contributed by atoms with van der Waals surface area (Å²) in [5, 5.41) is 7.18. The predicted octanol–water partition coefficient (Wildman–Crippen LogP) is 12.7. The number of rotatable bonds is 5. The van der Waals surface area contributed by atoms with E-state index in [1.54, 1.807) is 0 Å². The van der Waals surface area contributed by atoms with E-state index in [1.807, 2.05) is 48.8 Å². The molecular weight excluding hydrogens is 709 g/mol. The highest BCUT2D eigenvalue weighted by atomic mass is 15.2. The van der Waals surface area contributed by atoms with Crippen LogP contribution in [0.1, 0.15) is 0 Å². The zero-order chi connectivity index (χ0) is 38.2. The number of fused-ring (bicyclic) bond motifs is 11. The van der Waals surface area contributed by atoms with Gasteiger partial charge in [-0.3, -0.25) is 14.5 Å². The molecule has 0 saturated heterocycles. The summed E-state index contributed by atoms with van der Waals surface area (Å²) in [6, 6.07) is 64.1. The fourth-order valence-electron chi connectivity index (χ4n) is 8.70. The number of hydrogen-bond donors (Lipinski definition) is 0. The summed E-state index contributed by atoms with van der Waals surface area (Å²) in [4.78, 5) is 19.9. The van der Waals surface area contributed by atoms with Gasteiger partial charge in [0.25, 0.3) is 0 Å².